The van der Waals surface area contributed by atoms with Crippen molar-refractivity contribution >= 4 is 12.1 Å². The molecule has 0 bridgehead atoms. The fourth-order valence-electron chi connectivity index (χ4n) is 4.69. The van der Waals surface area contributed by atoms with E-state index in [4.69, 9.17) is 14.9 Å². The number of hydrogen-bond acceptors (Lipinski definition) is 6. The maximum Gasteiger partial charge on any atom is 1.00 e. The van der Waals surface area contributed by atoms with Crippen LogP contribution < -0.4 is 34.9 Å². The van der Waals surface area contributed by atoms with E-state index in [1.54, 1.807) is 18.5 Å². The maximum atomic E-state index is 12.5. The Morgan fingerprint density at radius 3 is 2.38 bits per heavy atom. The van der Waals surface area contributed by atoms with E-state index in [9.17, 15) is 9.59 Å². The van der Waals surface area contributed by atoms with Gasteiger partial charge in [0.25, 0.3) is 0 Å². The van der Waals surface area contributed by atoms with E-state index < -0.39 is 17.7 Å². The summed E-state index contributed by atoms with van der Waals surface area (Å²) in [5.74, 6) is -0.199. The van der Waals surface area contributed by atoms with Gasteiger partial charge >= 0.3 is 41.6 Å². The molecule has 10 heteroatoms. The number of nitrogens with one attached hydrogen (secondary N) is 1. The molecule has 1 fully saturated rings. The van der Waals surface area contributed by atoms with Gasteiger partial charge in [-0.3, -0.25) is 0 Å². The van der Waals surface area contributed by atoms with Gasteiger partial charge < -0.3 is 21.5 Å². The monoisotopic (exact) mass is 543 g/mol. The van der Waals surface area contributed by atoms with E-state index >= 15 is 0 Å². The Hall–Kier alpha value is -2.72. The molecule has 1 aliphatic rings. The third kappa shape index (κ3) is 9.46. The van der Waals surface area contributed by atoms with Gasteiger partial charge in [-0.1, -0.05) is 42.5 Å². The Bertz CT molecular complexity index is 1210. The second kappa shape index (κ2) is 14.1. The molecule has 0 unspecified atom stereocenters. The van der Waals surface area contributed by atoms with Crippen LogP contribution in [-0.2, 0) is 11.2 Å². The molecular formula is C29H38N5NaO4. The molecule has 204 valence electrons. The van der Waals surface area contributed by atoms with Gasteiger partial charge in [-0.05, 0) is 63.3 Å². The van der Waals surface area contributed by atoms with Crippen molar-refractivity contribution in [3.8, 4) is 0 Å². The van der Waals surface area contributed by atoms with Crippen LogP contribution in [0.15, 0.2) is 60.9 Å². The number of alkyl carbamates (subject to hydrolysis) is 1. The fourth-order valence-corrected chi connectivity index (χ4v) is 4.69. The minimum Gasteiger partial charge on any atom is -1.00 e. The number of aromatic nitrogens is 3. The third-order valence-corrected chi connectivity index (χ3v) is 6.68. The van der Waals surface area contributed by atoms with Crippen LogP contribution in [0.2, 0.25) is 0 Å². The third-order valence-electron chi connectivity index (χ3n) is 6.68. The molecule has 3 aromatic rings. The second-order valence-corrected chi connectivity index (χ2v) is 10.8. The van der Waals surface area contributed by atoms with E-state index in [0.29, 0.717) is 12.5 Å². The zero-order valence-electron chi connectivity index (χ0n) is 24.3. The Balaban J connectivity index is 0.00000280. The number of hydrogen-bond donors (Lipinski definition) is 2. The van der Waals surface area contributed by atoms with Gasteiger partial charge in [-0.25, -0.2) is 19.3 Å². The summed E-state index contributed by atoms with van der Waals surface area (Å²) in [4.78, 5) is 30.4. The van der Waals surface area contributed by atoms with Crippen LogP contribution in [0.3, 0.4) is 0 Å². The largest absolute Gasteiger partial charge is 1.00 e. The predicted octanol–water partition coefficient (Wildman–Crippen LogP) is 1.98. The summed E-state index contributed by atoms with van der Waals surface area (Å²) in [7, 11) is 0. The van der Waals surface area contributed by atoms with Crippen molar-refractivity contribution in [1.82, 2.24) is 25.0 Å². The van der Waals surface area contributed by atoms with E-state index in [1.165, 1.54) is 0 Å². The number of benzene rings is 2. The minimum atomic E-state index is -0.930. The molecule has 0 spiro atoms. The summed E-state index contributed by atoms with van der Waals surface area (Å²) in [6, 6.07) is 17.0. The summed E-state index contributed by atoms with van der Waals surface area (Å²) < 4.78 is 7.46. The molecule has 2 heterocycles. The smallest absolute Gasteiger partial charge is 1.00 e. The second-order valence-electron chi connectivity index (χ2n) is 10.8. The number of likely N-dealkylation sites (tertiary alicyclic amines) is 1. The number of aromatic carboxylic acids is 1. The van der Waals surface area contributed by atoms with Crippen molar-refractivity contribution in [2.45, 2.75) is 64.1 Å². The van der Waals surface area contributed by atoms with Gasteiger partial charge in [0.05, 0.1) is 17.6 Å². The Morgan fingerprint density at radius 1 is 1.10 bits per heavy atom. The van der Waals surface area contributed by atoms with E-state index in [2.05, 4.69) is 15.2 Å². The topological polar surface area (TPSA) is 110 Å². The van der Waals surface area contributed by atoms with Crippen LogP contribution in [0.4, 0.5) is 4.79 Å². The first-order valence-electron chi connectivity index (χ1n) is 13.2. The average Bonchev–Trinajstić information content (AvgIpc) is 3.35. The molecule has 1 saturated heterocycles. The first-order chi connectivity index (χ1) is 18.2. The van der Waals surface area contributed by atoms with Crippen molar-refractivity contribution in [2.75, 3.05) is 19.6 Å². The van der Waals surface area contributed by atoms with E-state index in [1.807, 2.05) is 67.9 Å². The molecule has 1 aromatic heterocycles. The fraction of sp³-hybridized carbons (Fsp3) is 0.448. The first-order valence-corrected chi connectivity index (χ1v) is 13.2. The number of carboxylic acids is 1. The maximum absolute atomic E-state index is 12.5. The molecule has 9 nitrogen and oxygen atoms in total. The summed E-state index contributed by atoms with van der Waals surface area (Å²) >= 11 is 0. The molecule has 1 amide bonds. The molecular weight excluding hydrogens is 505 g/mol. The molecule has 0 saturated carbocycles. The van der Waals surface area contributed by atoms with E-state index in [0.717, 1.165) is 55.8 Å². The summed E-state index contributed by atoms with van der Waals surface area (Å²) in [5.41, 5.74) is 1.78. The molecule has 0 radical (unpaired) electrons. The van der Waals surface area contributed by atoms with Crippen molar-refractivity contribution in [2.24, 2.45) is 0 Å². The number of ether oxygens (including phenoxy) is 1. The number of nitrogens with zero attached hydrogens (tertiary/aromatic N) is 4. The minimum absolute atomic E-state index is 0. The Labute approximate surface area is 253 Å². The first kappa shape index (κ1) is 30.8. The standard InChI is InChI=1S/C29H37N5O4.Na.H/c1-29(2,3)38-28(37)31-25(22-7-5-4-6-8-22)15-18-33-16-13-24(14-17-33)34-20-30-26(32-34)19-21-9-11-23(12-10-21)27(35)36;;/h4-12,20,24-25H,13-19H2,1-3H3,(H,31,37)(H,35,36);;/q;+1;-1/t25-;;/m0../s1. The average molecular weight is 544 g/mol. The number of carbonyl (C=O) groups excluding carboxylic acids is 1. The van der Waals surface area contributed by atoms with Gasteiger partial charge in [0.2, 0.25) is 0 Å². The van der Waals surface area contributed by atoms with Crippen molar-refractivity contribution < 1.29 is 50.4 Å². The summed E-state index contributed by atoms with van der Waals surface area (Å²) in [6.45, 7) is 8.37. The van der Waals surface area contributed by atoms with Gasteiger partial charge in [-0.15, -0.1) is 0 Å². The Morgan fingerprint density at radius 2 is 1.77 bits per heavy atom. The van der Waals surface area contributed by atoms with E-state index in [-0.39, 0.29) is 42.6 Å². The van der Waals surface area contributed by atoms with Gasteiger partial charge in [-0.2, -0.15) is 5.10 Å². The normalized spacial score (nSPS) is 15.3. The molecule has 39 heavy (non-hydrogen) atoms. The van der Waals surface area contributed by atoms with Crippen LogP contribution in [0, 0.1) is 0 Å². The molecule has 1 atom stereocenters. The van der Waals surface area contributed by atoms with Crippen LogP contribution in [-0.4, -0.2) is 62.1 Å². The Kier molecular flexibility index (Phi) is 11.1. The van der Waals surface area contributed by atoms with Gasteiger partial charge in [0, 0.05) is 26.1 Å². The molecule has 0 aliphatic carbocycles. The SMILES string of the molecule is CC(C)(C)OC(=O)N[C@@H](CCN1CCC(n2cnc(Cc3ccc(C(=O)O)cc3)n2)CC1)c1ccccc1.[H-].[Na+]. The van der Waals surface area contributed by atoms with Crippen LogP contribution in [0.1, 0.15) is 80.9 Å². The number of carboxylic acid groups (broad SMARTS) is 1. The molecule has 1 aliphatic heterocycles. The number of piperidine rings is 1. The quantitative estimate of drug-likeness (QED) is 0.397. The number of rotatable bonds is 9. The summed E-state index contributed by atoms with van der Waals surface area (Å²) in [6.07, 6.45) is 4.72. The van der Waals surface area contributed by atoms with Crippen LogP contribution in [0.5, 0.6) is 0 Å². The zero-order chi connectivity index (χ0) is 27.1. The number of amides is 1. The molecule has 4 rings (SSSR count). The molecule has 2 aromatic carbocycles. The van der Waals surface area contributed by atoms with Gasteiger partial charge in [0.1, 0.15) is 11.9 Å². The van der Waals surface area contributed by atoms with Crippen molar-refractivity contribution in [3.05, 3.63) is 83.4 Å². The predicted molar refractivity (Wildman–Crippen MR) is 145 cm³/mol. The number of carbonyl (C=O) groups is 2. The zero-order valence-corrected chi connectivity index (χ0v) is 25.3. The summed E-state index contributed by atoms with van der Waals surface area (Å²) in [5, 5.41) is 16.8. The van der Waals surface area contributed by atoms with Crippen molar-refractivity contribution in [1.29, 1.82) is 0 Å². The van der Waals surface area contributed by atoms with Crippen molar-refractivity contribution in [3.63, 3.8) is 0 Å². The van der Waals surface area contributed by atoms with Gasteiger partial charge in [0.15, 0.2) is 5.82 Å². The van der Waals surface area contributed by atoms with Crippen LogP contribution in [0.25, 0.3) is 0 Å². The molecule has 2 N–H and O–H groups in total. The van der Waals surface area contributed by atoms with Crippen LogP contribution >= 0.6 is 0 Å².